The van der Waals surface area contributed by atoms with Gasteiger partial charge in [-0.2, -0.15) is 0 Å². The molecule has 0 unspecified atom stereocenters. The Balaban J connectivity index is 2.05. The van der Waals surface area contributed by atoms with Crippen molar-refractivity contribution in [3.63, 3.8) is 0 Å². The zero-order chi connectivity index (χ0) is 20.3. The highest BCUT2D eigenvalue weighted by Crippen LogP contribution is 2.58. The SMILES string of the molecule is COc1ccc([C@@]2(CCCN=[N+]=[N-])C[C@@H](C(C)(C)C)CCC23OCCO3)cc1. The summed E-state index contributed by atoms with van der Waals surface area (Å²) in [5.74, 6) is 0.811. The molecule has 1 aliphatic heterocycles. The fourth-order valence-electron chi connectivity index (χ4n) is 5.08. The smallest absolute Gasteiger partial charge is 0.178 e. The summed E-state index contributed by atoms with van der Waals surface area (Å²) in [6, 6.07) is 8.36. The van der Waals surface area contributed by atoms with Crippen LogP contribution in [0.1, 0.15) is 58.4 Å². The predicted molar refractivity (Wildman–Crippen MR) is 109 cm³/mol. The molecule has 154 valence electrons. The van der Waals surface area contributed by atoms with Crippen LogP contribution in [0.5, 0.6) is 5.75 Å². The van der Waals surface area contributed by atoms with Crippen LogP contribution < -0.4 is 4.74 Å². The van der Waals surface area contributed by atoms with Crippen molar-refractivity contribution in [2.24, 2.45) is 16.4 Å². The Morgan fingerprint density at radius 1 is 1.21 bits per heavy atom. The van der Waals surface area contributed by atoms with Gasteiger partial charge >= 0.3 is 0 Å². The summed E-state index contributed by atoms with van der Waals surface area (Å²) in [4.78, 5) is 2.93. The fourth-order valence-corrected chi connectivity index (χ4v) is 5.08. The summed E-state index contributed by atoms with van der Waals surface area (Å²) in [5.41, 5.74) is 9.86. The van der Waals surface area contributed by atoms with Gasteiger partial charge in [-0.15, -0.1) is 0 Å². The van der Waals surface area contributed by atoms with E-state index in [1.807, 2.05) is 12.1 Å². The molecule has 6 nitrogen and oxygen atoms in total. The quantitative estimate of drug-likeness (QED) is 0.275. The molecule has 1 aromatic carbocycles. The van der Waals surface area contributed by atoms with Crippen molar-refractivity contribution >= 4 is 0 Å². The molecule has 0 bridgehead atoms. The van der Waals surface area contributed by atoms with Crippen LogP contribution in [0.4, 0.5) is 0 Å². The molecule has 1 heterocycles. The van der Waals surface area contributed by atoms with E-state index in [4.69, 9.17) is 19.7 Å². The molecule has 1 saturated heterocycles. The number of azide groups is 1. The molecule has 2 fully saturated rings. The Bertz CT molecular complexity index is 701. The van der Waals surface area contributed by atoms with Gasteiger partial charge in [0.2, 0.25) is 0 Å². The minimum atomic E-state index is -0.598. The number of methoxy groups -OCH3 is 1. The van der Waals surface area contributed by atoms with Crippen LogP contribution in [0.2, 0.25) is 0 Å². The highest BCUT2D eigenvalue weighted by Gasteiger charge is 2.60. The highest BCUT2D eigenvalue weighted by molar-refractivity contribution is 5.36. The maximum Gasteiger partial charge on any atom is 0.178 e. The van der Waals surface area contributed by atoms with Gasteiger partial charge in [0.15, 0.2) is 5.79 Å². The maximum atomic E-state index is 8.69. The van der Waals surface area contributed by atoms with Crippen molar-refractivity contribution in [3.05, 3.63) is 40.3 Å². The largest absolute Gasteiger partial charge is 0.497 e. The summed E-state index contributed by atoms with van der Waals surface area (Å²) < 4.78 is 18.1. The maximum absolute atomic E-state index is 8.69. The van der Waals surface area contributed by atoms with Crippen molar-refractivity contribution in [1.29, 1.82) is 0 Å². The van der Waals surface area contributed by atoms with Crippen molar-refractivity contribution in [3.8, 4) is 5.75 Å². The molecule has 2 aliphatic rings. The molecule has 6 heteroatoms. The zero-order valence-electron chi connectivity index (χ0n) is 17.6. The molecular weight excluding hydrogens is 354 g/mol. The van der Waals surface area contributed by atoms with Gasteiger partial charge in [0.05, 0.1) is 20.3 Å². The lowest BCUT2D eigenvalue weighted by Crippen LogP contribution is -2.57. The lowest BCUT2D eigenvalue weighted by molar-refractivity contribution is -0.240. The van der Waals surface area contributed by atoms with Crippen LogP contribution in [-0.4, -0.2) is 32.7 Å². The number of rotatable bonds is 6. The molecule has 0 amide bonds. The molecule has 1 aromatic rings. The molecule has 3 rings (SSSR count). The Morgan fingerprint density at radius 2 is 1.89 bits per heavy atom. The minimum Gasteiger partial charge on any atom is -0.497 e. The third-order valence-electron chi connectivity index (χ3n) is 6.69. The third-order valence-corrected chi connectivity index (χ3v) is 6.69. The number of hydrogen-bond acceptors (Lipinski definition) is 4. The second kappa shape index (κ2) is 8.32. The standard InChI is InChI=1S/C22H33N3O3/c1-20(2,3)18-10-12-22(27-14-15-28-22)21(16-18,11-5-13-24-25-23)17-6-8-19(26-4)9-7-17/h6-9,18H,5,10-16H2,1-4H3/t18-,21+/m0/s1. The van der Waals surface area contributed by atoms with Crippen molar-refractivity contribution < 1.29 is 14.2 Å². The molecule has 1 saturated carbocycles. The Kier molecular flexibility index (Phi) is 6.23. The second-order valence-corrected chi connectivity index (χ2v) is 9.12. The molecule has 0 radical (unpaired) electrons. The first kappa shape index (κ1) is 21.0. The molecular formula is C22H33N3O3. The second-order valence-electron chi connectivity index (χ2n) is 9.12. The van der Waals surface area contributed by atoms with Crippen LogP contribution in [-0.2, 0) is 14.9 Å². The van der Waals surface area contributed by atoms with E-state index >= 15 is 0 Å². The predicted octanol–water partition coefficient (Wildman–Crippen LogP) is 5.61. The summed E-state index contributed by atoms with van der Waals surface area (Å²) in [7, 11) is 1.69. The first-order chi connectivity index (χ1) is 13.4. The van der Waals surface area contributed by atoms with Crippen LogP contribution >= 0.6 is 0 Å². The van der Waals surface area contributed by atoms with Crippen LogP contribution in [0.25, 0.3) is 10.4 Å². The number of hydrogen-bond donors (Lipinski definition) is 0. The monoisotopic (exact) mass is 387 g/mol. The Labute approximate surface area is 168 Å². The van der Waals surface area contributed by atoms with E-state index in [9.17, 15) is 0 Å². The number of ether oxygens (including phenoxy) is 3. The van der Waals surface area contributed by atoms with Gasteiger partial charge in [-0.1, -0.05) is 38.0 Å². The van der Waals surface area contributed by atoms with E-state index < -0.39 is 5.79 Å². The first-order valence-electron chi connectivity index (χ1n) is 10.3. The van der Waals surface area contributed by atoms with Gasteiger partial charge in [-0.05, 0) is 60.2 Å². The average molecular weight is 388 g/mol. The zero-order valence-corrected chi connectivity index (χ0v) is 17.6. The summed E-state index contributed by atoms with van der Waals surface area (Å²) in [5, 5.41) is 3.77. The lowest BCUT2D eigenvalue weighted by atomic mass is 9.56. The van der Waals surface area contributed by atoms with Crippen LogP contribution in [0, 0.1) is 11.3 Å². The van der Waals surface area contributed by atoms with E-state index in [1.54, 1.807) is 7.11 Å². The van der Waals surface area contributed by atoms with Crippen molar-refractivity contribution in [1.82, 2.24) is 0 Å². The van der Waals surface area contributed by atoms with Gasteiger partial charge in [-0.3, -0.25) is 0 Å². The third kappa shape index (κ3) is 3.86. The van der Waals surface area contributed by atoms with Gasteiger partial charge in [0.25, 0.3) is 0 Å². The molecule has 1 spiro atoms. The fraction of sp³-hybridized carbons (Fsp3) is 0.727. The number of nitrogens with zero attached hydrogens (tertiary/aromatic N) is 3. The molecule has 2 atom stereocenters. The molecule has 28 heavy (non-hydrogen) atoms. The minimum absolute atomic E-state index is 0.211. The van der Waals surface area contributed by atoms with Crippen molar-refractivity contribution in [2.45, 2.75) is 64.1 Å². The van der Waals surface area contributed by atoms with E-state index in [1.165, 1.54) is 5.56 Å². The topological polar surface area (TPSA) is 76.5 Å². The average Bonchev–Trinajstić information content (AvgIpc) is 3.15. The Hall–Kier alpha value is -1.75. The number of benzene rings is 1. The van der Waals surface area contributed by atoms with Gasteiger partial charge in [0, 0.05) is 23.3 Å². The molecule has 0 N–H and O–H groups in total. The van der Waals surface area contributed by atoms with Crippen molar-refractivity contribution in [2.75, 3.05) is 26.9 Å². The van der Waals surface area contributed by atoms with E-state index in [-0.39, 0.29) is 10.8 Å². The van der Waals surface area contributed by atoms with Crippen LogP contribution in [0.15, 0.2) is 29.4 Å². The van der Waals surface area contributed by atoms with Gasteiger partial charge < -0.3 is 14.2 Å². The van der Waals surface area contributed by atoms with Crippen LogP contribution in [0.3, 0.4) is 0 Å². The summed E-state index contributed by atoms with van der Waals surface area (Å²) in [6.07, 6.45) is 4.66. The van der Waals surface area contributed by atoms with Gasteiger partial charge in [0.1, 0.15) is 5.75 Å². The van der Waals surface area contributed by atoms with E-state index in [0.29, 0.717) is 25.7 Å². The first-order valence-corrected chi connectivity index (χ1v) is 10.3. The Morgan fingerprint density at radius 3 is 2.46 bits per heavy atom. The highest BCUT2D eigenvalue weighted by atomic mass is 16.7. The summed E-state index contributed by atoms with van der Waals surface area (Å²) in [6.45, 7) is 8.73. The summed E-state index contributed by atoms with van der Waals surface area (Å²) >= 11 is 0. The lowest BCUT2D eigenvalue weighted by Gasteiger charge is -2.55. The molecule has 1 aliphatic carbocycles. The molecule has 0 aromatic heterocycles. The normalized spacial score (nSPS) is 26.8. The van der Waals surface area contributed by atoms with E-state index in [2.05, 4.69) is 42.9 Å². The van der Waals surface area contributed by atoms with Gasteiger partial charge in [-0.25, -0.2) is 0 Å². The van der Waals surface area contributed by atoms with E-state index in [0.717, 1.165) is 37.9 Å².